The van der Waals surface area contributed by atoms with E-state index in [0.29, 0.717) is 23.9 Å². The Kier molecular flexibility index (Phi) is 6.13. The van der Waals surface area contributed by atoms with Crippen LogP contribution in [0.1, 0.15) is 43.5 Å². The Morgan fingerprint density at radius 2 is 2.03 bits per heavy atom. The zero-order valence-electron chi connectivity index (χ0n) is 17.0. The molecular weight excluding hydrogens is 406 g/mol. The fraction of sp³-hybridized carbons (Fsp3) is 0.455. The second kappa shape index (κ2) is 8.79. The second-order valence-corrected chi connectivity index (χ2v) is 9.58. The van der Waals surface area contributed by atoms with Crippen LogP contribution in [0.15, 0.2) is 29.3 Å². The molecule has 2 heterocycles. The van der Waals surface area contributed by atoms with Crippen LogP contribution in [0.2, 0.25) is 0 Å². The topological polar surface area (TPSA) is 73.8 Å². The van der Waals surface area contributed by atoms with E-state index in [1.54, 1.807) is 6.20 Å². The van der Waals surface area contributed by atoms with Crippen molar-refractivity contribution in [3.05, 3.63) is 47.4 Å². The number of aryl methyl sites for hydroxylation is 2. The number of nitrogen functional groups attached to an aromatic ring is 1. The maximum atomic E-state index is 13.8. The Labute approximate surface area is 177 Å². The van der Waals surface area contributed by atoms with Crippen LogP contribution in [0.5, 0.6) is 0 Å². The summed E-state index contributed by atoms with van der Waals surface area (Å²) in [4.78, 5) is 9.10. The summed E-state index contributed by atoms with van der Waals surface area (Å²) in [6.07, 6.45) is 7.71. The van der Waals surface area contributed by atoms with Gasteiger partial charge in [-0.2, -0.15) is 0 Å². The predicted molar refractivity (Wildman–Crippen MR) is 115 cm³/mol. The third-order valence-corrected chi connectivity index (χ3v) is 7.06. The molecule has 2 aromatic heterocycles. The third-order valence-electron chi connectivity index (χ3n) is 5.58. The van der Waals surface area contributed by atoms with Gasteiger partial charge in [-0.15, -0.1) is 0 Å². The molecule has 1 unspecified atom stereocenters. The highest BCUT2D eigenvalue weighted by Gasteiger charge is 2.25. The molecule has 30 heavy (non-hydrogen) atoms. The third kappa shape index (κ3) is 4.53. The highest BCUT2D eigenvalue weighted by molar-refractivity contribution is 7.85. The van der Waals surface area contributed by atoms with Crippen molar-refractivity contribution >= 4 is 27.7 Å². The van der Waals surface area contributed by atoms with Gasteiger partial charge in [0.1, 0.15) is 23.0 Å². The van der Waals surface area contributed by atoms with Gasteiger partial charge in [-0.05, 0) is 56.2 Å². The molecule has 1 aliphatic rings. The molecule has 1 aliphatic carbocycles. The number of unbranched alkanes of at least 4 members (excludes halogenated alkanes) is 2. The van der Waals surface area contributed by atoms with E-state index in [1.807, 2.05) is 6.92 Å². The van der Waals surface area contributed by atoms with Gasteiger partial charge in [0.2, 0.25) is 0 Å². The van der Waals surface area contributed by atoms with Crippen LogP contribution >= 0.6 is 0 Å². The highest BCUT2D eigenvalue weighted by atomic mass is 32.2. The molecule has 8 heteroatoms. The van der Waals surface area contributed by atoms with Crippen LogP contribution in [0.3, 0.4) is 0 Å². The van der Waals surface area contributed by atoms with E-state index < -0.39 is 22.4 Å². The summed E-state index contributed by atoms with van der Waals surface area (Å²) in [6, 6.07) is 3.19. The number of imidazole rings is 1. The molecule has 1 fully saturated rings. The Morgan fingerprint density at radius 1 is 1.23 bits per heavy atom. The molecule has 0 radical (unpaired) electrons. The molecule has 3 aromatic rings. The van der Waals surface area contributed by atoms with Gasteiger partial charge in [-0.1, -0.05) is 6.42 Å². The standard InChI is InChI=1S/C22H26F2N4OS/c1-14-13-26-22(25)20-21(14)28(19(27-20)11-15-5-6-15)9-3-2-4-10-30(29)18-8-7-16(23)12-17(18)24/h7-8,12-13,15H,2-6,9-11H2,1H3,(H2,25,26). The maximum Gasteiger partial charge on any atom is 0.151 e. The van der Waals surface area contributed by atoms with Gasteiger partial charge in [0.15, 0.2) is 5.82 Å². The first kappa shape index (κ1) is 20.9. The maximum absolute atomic E-state index is 13.8. The molecule has 2 N–H and O–H groups in total. The number of anilines is 1. The number of halogens is 2. The number of hydrogen-bond donors (Lipinski definition) is 1. The summed E-state index contributed by atoms with van der Waals surface area (Å²) in [7, 11) is -1.46. The first-order valence-electron chi connectivity index (χ1n) is 10.4. The molecule has 0 spiro atoms. The summed E-state index contributed by atoms with van der Waals surface area (Å²) in [5.74, 6) is 1.19. The highest BCUT2D eigenvalue weighted by Crippen LogP contribution is 2.34. The van der Waals surface area contributed by atoms with Crippen LogP contribution in [0.25, 0.3) is 11.0 Å². The quantitative estimate of drug-likeness (QED) is 0.504. The second-order valence-electron chi connectivity index (χ2n) is 8.04. The minimum absolute atomic E-state index is 0.0716. The van der Waals surface area contributed by atoms with E-state index in [1.165, 1.54) is 18.9 Å². The lowest BCUT2D eigenvalue weighted by atomic mass is 10.2. The minimum Gasteiger partial charge on any atom is -0.382 e. The number of benzene rings is 1. The van der Waals surface area contributed by atoms with Crippen molar-refractivity contribution in [2.24, 2.45) is 5.92 Å². The normalized spacial score (nSPS) is 15.0. The number of nitrogens with two attached hydrogens (primary N) is 1. The average Bonchev–Trinajstić information content (AvgIpc) is 3.44. The Morgan fingerprint density at radius 3 is 2.77 bits per heavy atom. The largest absolute Gasteiger partial charge is 0.382 e. The molecular formula is C22H26F2N4OS. The van der Waals surface area contributed by atoms with Gasteiger partial charge >= 0.3 is 0 Å². The van der Waals surface area contributed by atoms with Gasteiger partial charge in [0.05, 0.1) is 21.2 Å². The van der Waals surface area contributed by atoms with Gasteiger partial charge < -0.3 is 10.3 Å². The number of hydrogen-bond acceptors (Lipinski definition) is 4. The zero-order valence-corrected chi connectivity index (χ0v) is 17.9. The van der Waals surface area contributed by atoms with Crippen LogP contribution in [0, 0.1) is 24.5 Å². The molecule has 1 aromatic carbocycles. The molecule has 0 bridgehead atoms. The van der Waals surface area contributed by atoms with Gasteiger partial charge in [-0.3, -0.25) is 4.21 Å². The van der Waals surface area contributed by atoms with Crippen molar-refractivity contribution in [2.75, 3.05) is 11.5 Å². The monoisotopic (exact) mass is 432 g/mol. The first-order chi connectivity index (χ1) is 14.4. The minimum atomic E-state index is -1.46. The van der Waals surface area contributed by atoms with E-state index in [0.717, 1.165) is 60.4 Å². The number of aromatic nitrogens is 3. The SMILES string of the molecule is Cc1cnc(N)c2nc(CC3CC3)n(CCCCCS(=O)c3ccc(F)cc3F)c12. The molecule has 0 aliphatic heterocycles. The molecule has 5 nitrogen and oxygen atoms in total. The van der Waals surface area contributed by atoms with E-state index >= 15 is 0 Å². The molecule has 1 saturated carbocycles. The zero-order chi connectivity index (χ0) is 21.3. The molecule has 4 rings (SSSR count). The van der Waals surface area contributed by atoms with Crippen molar-refractivity contribution in [1.29, 1.82) is 0 Å². The van der Waals surface area contributed by atoms with Gasteiger partial charge in [0.25, 0.3) is 0 Å². The van der Waals surface area contributed by atoms with Crippen LogP contribution in [-0.2, 0) is 23.8 Å². The Bertz CT molecular complexity index is 1090. The Balaban J connectivity index is 1.39. The number of nitrogens with zero attached hydrogens (tertiary/aromatic N) is 3. The van der Waals surface area contributed by atoms with E-state index in [4.69, 9.17) is 10.7 Å². The lowest BCUT2D eigenvalue weighted by Gasteiger charge is -2.11. The summed E-state index contributed by atoms with van der Waals surface area (Å²) in [6.45, 7) is 2.83. The molecule has 0 saturated heterocycles. The fourth-order valence-electron chi connectivity index (χ4n) is 3.79. The predicted octanol–water partition coefficient (Wildman–Crippen LogP) is 4.53. The van der Waals surface area contributed by atoms with Crippen molar-refractivity contribution in [3.8, 4) is 0 Å². The Hall–Kier alpha value is -2.35. The van der Waals surface area contributed by atoms with E-state index in [9.17, 15) is 13.0 Å². The van der Waals surface area contributed by atoms with Crippen LogP contribution < -0.4 is 5.73 Å². The van der Waals surface area contributed by atoms with Crippen LogP contribution in [-0.4, -0.2) is 24.5 Å². The summed E-state index contributed by atoms with van der Waals surface area (Å²) >= 11 is 0. The lowest BCUT2D eigenvalue weighted by Crippen LogP contribution is -2.07. The summed E-state index contributed by atoms with van der Waals surface area (Å²) in [5.41, 5.74) is 8.95. The number of fused-ring (bicyclic) bond motifs is 1. The number of pyridine rings is 1. The summed E-state index contributed by atoms with van der Waals surface area (Å²) < 4.78 is 41.4. The first-order valence-corrected chi connectivity index (χ1v) is 11.7. The van der Waals surface area contributed by atoms with Crippen molar-refractivity contribution in [1.82, 2.24) is 14.5 Å². The smallest absolute Gasteiger partial charge is 0.151 e. The van der Waals surface area contributed by atoms with Gasteiger partial charge in [0, 0.05) is 31.0 Å². The number of rotatable bonds is 9. The lowest BCUT2D eigenvalue weighted by molar-refractivity contribution is 0.560. The molecule has 160 valence electrons. The van der Waals surface area contributed by atoms with Gasteiger partial charge in [-0.25, -0.2) is 18.7 Å². The molecule has 0 amide bonds. The average molecular weight is 433 g/mol. The van der Waals surface area contributed by atoms with E-state index in [2.05, 4.69) is 9.55 Å². The fourth-order valence-corrected chi connectivity index (χ4v) is 4.98. The van der Waals surface area contributed by atoms with Crippen molar-refractivity contribution in [2.45, 2.75) is 56.9 Å². The molecule has 1 atom stereocenters. The summed E-state index contributed by atoms with van der Waals surface area (Å²) in [5, 5.41) is 0. The van der Waals surface area contributed by atoms with Crippen LogP contribution in [0.4, 0.5) is 14.6 Å². The van der Waals surface area contributed by atoms with E-state index in [-0.39, 0.29) is 4.90 Å². The van der Waals surface area contributed by atoms with Crippen molar-refractivity contribution < 1.29 is 13.0 Å². The van der Waals surface area contributed by atoms with Crippen molar-refractivity contribution in [3.63, 3.8) is 0 Å².